The van der Waals surface area contributed by atoms with E-state index in [1.54, 1.807) is 0 Å². The van der Waals surface area contributed by atoms with E-state index in [2.05, 4.69) is 33.4 Å². The minimum atomic E-state index is 0.307. The maximum absolute atomic E-state index is 4.80. The van der Waals surface area contributed by atoms with Gasteiger partial charge in [-0.3, -0.25) is 0 Å². The molecule has 0 N–H and O–H groups in total. The lowest BCUT2D eigenvalue weighted by Crippen LogP contribution is -2.16. The predicted molar refractivity (Wildman–Crippen MR) is 63.3 cm³/mol. The summed E-state index contributed by atoms with van der Waals surface area (Å²) in [6, 6.07) is 0. The van der Waals surface area contributed by atoms with Gasteiger partial charge >= 0.3 is 0 Å². The van der Waals surface area contributed by atoms with Gasteiger partial charge in [-0.2, -0.15) is 12.6 Å². The summed E-state index contributed by atoms with van der Waals surface area (Å²) in [5.41, 5.74) is 0. The van der Waals surface area contributed by atoms with Gasteiger partial charge in [0.1, 0.15) is 0 Å². The van der Waals surface area contributed by atoms with E-state index in [1.165, 1.54) is 19.3 Å². The molecule has 0 spiro atoms. The fourth-order valence-corrected chi connectivity index (χ4v) is 3.14. The third kappa shape index (κ3) is 2.31. The molecule has 0 nitrogen and oxygen atoms in total. The van der Waals surface area contributed by atoms with Crippen LogP contribution in [0, 0.1) is 17.8 Å². The average Bonchev–Trinajstić information content (AvgIpc) is 2.42. The van der Waals surface area contributed by atoms with Crippen LogP contribution >= 0.6 is 12.6 Å². The Morgan fingerprint density at radius 3 is 2.62 bits per heavy atom. The van der Waals surface area contributed by atoms with E-state index in [1.807, 2.05) is 0 Å². The quantitative estimate of drug-likeness (QED) is 0.515. The predicted octanol–water partition coefficient (Wildman–Crippen LogP) is 3.93. The molecule has 0 aromatic carbocycles. The molecule has 0 heterocycles. The van der Waals surface area contributed by atoms with Crippen LogP contribution in [0.1, 0.15) is 40.0 Å². The van der Waals surface area contributed by atoms with Crippen molar-refractivity contribution in [1.82, 2.24) is 0 Å². The highest BCUT2D eigenvalue weighted by Crippen LogP contribution is 2.48. The summed E-state index contributed by atoms with van der Waals surface area (Å²) in [6.07, 6.45) is 5.83. The van der Waals surface area contributed by atoms with Crippen molar-refractivity contribution < 1.29 is 0 Å². The van der Waals surface area contributed by atoms with Crippen LogP contribution < -0.4 is 0 Å². The highest BCUT2D eigenvalue weighted by atomic mass is 32.1. The van der Waals surface area contributed by atoms with Crippen molar-refractivity contribution in [3.05, 3.63) is 12.7 Å². The third-order valence-corrected chi connectivity index (χ3v) is 4.44. The molecule has 1 fully saturated rings. The zero-order valence-electron chi connectivity index (χ0n) is 9.09. The van der Waals surface area contributed by atoms with Crippen LogP contribution in [0.2, 0.25) is 0 Å². The standard InChI is InChI=1S/C12H22S/c1-5-9(3)11-8-12(13,6-2)7-10(11)4/h5,9-11,13H,1,6-8H2,2-4H3. The molecule has 0 aliphatic heterocycles. The van der Waals surface area contributed by atoms with Crippen LogP contribution in [0.25, 0.3) is 0 Å². The summed E-state index contributed by atoms with van der Waals surface area (Å²) in [6.45, 7) is 10.8. The SMILES string of the molecule is C=CC(C)C1CC(S)(CC)CC1C. The lowest BCUT2D eigenvalue weighted by Gasteiger charge is -2.22. The van der Waals surface area contributed by atoms with E-state index in [0.29, 0.717) is 10.7 Å². The summed E-state index contributed by atoms with van der Waals surface area (Å²) < 4.78 is 0.307. The van der Waals surface area contributed by atoms with E-state index < -0.39 is 0 Å². The largest absolute Gasteiger partial charge is 0.172 e. The second-order valence-electron chi connectivity index (χ2n) is 4.72. The Hall–Kier alpha value is 0.0900. The zero-order valence-corrected chi connectivity index (χ0v) is 9.98. The molecule has 1 rings (SSSR count). The Morgan fingerprint density at radius 2 is 2.23 bits per heavy atom. The number of hydrogen-bond acceptors (Lipinski definition) is 1. The molecule has 0 aromatic heterocycles. The molecule has 76 valence electrons. The molecular formula is C12H22S. The lowest BCUT2D eigenvalue weighted by atomic mass is 9.86. The minimum Gasteiger partial charge on any atom is -0.172 e. The van der Waals surface area contributed by atoms with Gasteiger partial charge in [0, 0.05) is 4.75 Å². The number of hydrogen-bond donors (Lipinski definition) is 1. The maximum atomic E-state index is 4.80. The van der Waals surface area contributed by atoms with Gasteiger partial charge in [-0.15, -0.1) is 6.58 Å². The van der Waals surface area contributed by atoms with E-state index in [0.717, 1.165) is 11.8 Å². The summed E-state index contributed by atoms with van der Waals surface area (Å²) in [5, 5.41) is 0. The van der Waals surface area contributed by atoms with Crippen LogP contribution in [-0.4, -0.2) is 4.75 Å². The van der Waals surface area contributed by atoms with Crippen molar-refractivity contribution in [2.75, 3.05) is 0 Å². The second-order valence-corrected chi connectivity index (χ2v) is 5.67. The van der Waals surface area contributed by atoms with Gasteiger partial charge in [0.2, 0.25) is 0 Å². The smallest absolute Gasteiger partial charge is 0.0133 e. The Labute approximate surface area is 88.2 Å². The van der Waals surface area contributed by atoms with Crippen LogP contribution in [0.3, 0.4) is 0 Å². The monoisotopic (exact) mass is 198 g/mol. The fraction of sp³-hybridized carbons (Fsp3) is 0.833. The number of thiol groups is 1. The second kappa shape index (κ2) is 4.08. The van der Waals surface area contributed by atoms with E-state index in [4.69, 9.17) is 12.6 Å². The van der Waals surface area contributed by atoms with Crippen molar-refractivity contribution in [3.8, 4) is 0 Å². The van der Waals surface area contributed by atoms with E-state index in [-0.39, 0.29) is 0 Å². The molecule has 1 heteroatoms. The molecule has 1 aliphatic carbocycles. The number of rotatable bonds is 3. The first-order chi connectivity index (χ1) is 6.02. The first kappa shape index (κ1) is 11.2. The minimum absolute atomic E-state index is 0.307. The molecule has 0 amide bonds. The van der Waals surface area contributed by atoms with Crippen LogP contribution in [-0.2, 0) is 0 Å². The van der Waals surface area contributed by atoms with Gasteiger partial charge in [0.25, 0.3) is 0 Å². The topological polar surface area (TPSA) is 0 Å². The van der Waals surface area contributed by atoms with Gasteiger partial charge in [-0.25, -0.2) is 0 Å². The molecule has 0 radical (unpaired) electrons. The molecule has 0 aromatic rings. The highest BCUT2D eigenvalue weighted by Gasteiger charge is 2.40. The summed E-state index contributed by atoms with van der Waals surface area (Å²) in [5.74, 6) is 2.26. The fourth-order valence-electron chi connectivity index (χ4n) is 2.64. The van der Waals surface area contributed by atoms with Crippen molar-refractivity contribution >= 4 is 12.6 Å². The van der Waals surface area contributed by atoms with Crippen LogP contribution in [0.4, 0.5) is 0 Å². The molecule has 13 heavy (non-hydrogen) atoms. The summed E-state index contributed by atoms with van der Waals surface area (Å²) >= 11 is 4.80. The van der Waals surface area contributed by atoms with Crippen molar-refractivity contribution in [2.24, 2.45) is 17.8 Å². The van der Waals surface area contributed by atoms with Gasteiger partial charge in [0.15, 0.2) is 0 Å². The Kier molecular flexibility index (Phi) is 3.50. The van der Waals surface area contributed by atoms with Crippen molar-refractivity contribution in [1.29, 1.82) is 0 Å². The summed E-state index contributed by atoms with van der Waals surface area (Å²) in [4.78, 5) is 0. The Morgan fingerprint density at radius 1 is 1.62 bits per heavy atom. The molecule has 4 atom stereocenters. The number of allylic oxidation sites excluding steroid dienone is 1. The van der Waals surface area contributed by atoms with Crippen molar-refractivity contribution in [3.63, 3.8) is 0 Å². The molecular weight excluding hydrogens is 176 g/mol. The third-order valence-electron chi connectivity index (χ3n) is 3.75. The first-order valence-corrected chi connectivity index (χ1v) is 5.82. The molecule has 1 aliphatic rings. The van der Waals surface area contributed by atoms with Gasteiger partial charge in [-0.05, 0) is 37.0 Å². The van der Waals surface area contributed by atoms with E-state index >= 15 is 0 Å². The van der Waals surface area contributed by atoms with E-state index in [9.17, 15) is 0 Å². The van der Waals surface area contributed by atoms with Crippen LogP contribution in [0.5, 0.6) is 0 Å². The highest BCUT2D eigenvalue weighted by molar-refractivity contribution is 7.81. The Balaban J connectivity index is 2.66. The molecule has 0 saturated heterocycles. The van der Waals surface area contributed by atoms with Crippen molar-refractivity contribution in [2.45, 2.75) is 44.8 Å². The maximum Gasteiger partial charge on any atom is 0.0133 e. The average molecular weight is 198 g/mol. The summed E-state index contributed by atoms with van der Waals surface area (Å²) in [7, 11) is 0. The van der Waals surface area contributed by atoms with Crippen LogP contribution in [0.15, 0.2) is 12.7 Å². The van der Waals surface area contributed by atoms with Gasteiger partial charge in [-0.1, -0.05) is 26.8 Å². The normalized spacial score (nSPS) is 41.8. The lowest BCUT2D eigenvalue weighted by molar-refractivity contribution is 0.340. The Bertz CT molecular complexity index is 188. The van der Waals surface area contributed by atoms with Gasteiger partial charge in [0.05, 0.1) is 0 Å². The zero-order chi connectivity index (χ0) is 10.1. The van der Waals surface area contributed by atoms with Gasteiger partial charge < -0.3 is 0 Å². The molecule has 0 bridgehead atoms. The molecule has 1 saturated carbocycles. The first-order valence-electron chi connectivity index (χ1n) is 5.37. The molecule has 4 unspecified atom stereocenters.